The first-order valence-electron chi connectivity index (χ1n) is 10.3. The van der Waals surface area contributed by atoms with Crippen molar-refractivity contribution in [3.8, 4) is 0 Å². The number of benzene rings is 2. The molecule has 1 aliphatic carbocycles. The molecule has 5 nitrogen and oxygen atoms in total. The van der Waals surface area contributed by atoms with Crippen LogP contribution in [0.3, 0.4) is 0 Å². The molecule has 1 saturated carbocycles. The third-order valence-electron chi connectivity index (χ3n) is 6.03. The van der Waals surface area contributed by atoms with Crippen LogP contribution in [0.2, 0.25) is 0 Å². The Morgan fingerprint density at radius 3 is 2.64 bits per heavy atom. The van der Waals surface area contributed by atoms with Gasteiger partial charge < -0.3 is 10.1 Å². The standard InChI is InChI=1S/C23H28N2O3/c1-2-28-23(27)21-13-20(15-25(21)14-16-6-5-7-16)24-22(26)19-11-10-17-8-3-4-9-18(17)12-19/h3-4,8-12,16,20-21H,2,5-7,13-15H2,1H3,(H,24,26). The second kappa shape index (κ2) is 8.31. The first-order chi connectivity index (χ1) is 13.6. The molecule has 148 valence electrons. The maximum absolute atomic E-state index is 12.8. The van der Waals surface area contributed by atoms with Crippen molar-refractivity contribution >= 4 is 22.6 Å². The highest BCUT2D eigenvalue weighted by Gasteiger charge is 2.39. The predicted octanol–water partition coefficient (Wildman–Crippen LogP) is 3.38. The zero-order valence-electron chi connectivity index (χ0n) is 16.4. The van der Waals surface area contributed by atoms with Gasteiger partial charge in [-0.05, 0) is 55.0 Å². The maximum atomic E-state index is 12.8. The van der Waals surface area contributed by atoms with Gasteiger partial charge in [0, 0.05) is 24.7 Å². The number of carbonyl (C=O) groups excluding carboxylic acids is 2. The van der Waals surface area contributed by atoms with Gasteiger partial charge in [0.05, 0.1) is 6.61 Å². The van der Waals surface area contributed by atoms with Gasteiger partial charge in [-0.1, -0.05) is 36.8 Å². The van der Waals surface area contributed by atoms with Gasteiger partial charge in [-0.3, -0.25) is 14.5 Å². The fourth-order valence-electron chi connectivity index (χ4n) is 4.30. The Kier molecular flexibility index (Phi) is 5.62. The van der Waals surface area contributed by atoms with Crippen LogP contribution in [-0.2, 0) is 9.53 Å². The van der Waals surface area contributed by atoms with Crippen LogP contribution in [0.5, 0.6) is 0 Å². The number of nitrogens with zero attached hydrogens (tertiary/aromatic N) is 1. The molecule has 2 aromatic rings. The molecule has 28 heavy (non-hydrogen) atoms. The van der Waals surface area contributed by atoms with Crippen molar-refractivity contribution in [1.82, 2.24) is 10.2 Å². The molecule has 0 spiro atoms. The van der Waals surface area contributed by atoms with Crippen LogP contribution < -0.4 is 5.32 Å². The molecule has 4 rings (SSSR count). The van der Waals surface area contributed by atoms with Crippen LogP contribution in [0.15, 0.2) is 42.5 Å². The minimum Gasteiger partial charge on any atom is -0.465 e. The summed E-state index contributed by atoms with van der Waals surface area (Å²) in [5.74, 6) is 0.431. The summed E-state index contributed by atoms with van der Waals surface area (Å²) in [6.45, 7) is 3.86. The fraction of sp³-hybridized carbons (Fsp3) is 0.478. The van der Waals surface area contributed by atoms with Gasteiger partial charge in [-0.25, -0.2) is 0 Å². The average molecular weight is 380 g/mol. The summed E-state index contributed by atoms with van der Waals surface area (Å²) in [7, 11) is 0. The lowest BCUT2D eigenvalue weighted by Gasteiger charge is -2.32. The number of fused-ring (bicyclic) bond motifs is 1. The molecule has 5 heteroatoms. The number of amides is 1. The molecule has 2 aromatic carbocycles. The smallest absolute Gasteiger partial charge is 0.323 e. The van der Waals surface area contributed by atoms with Crippen molar-refractivity contribution in [2.24, 2.45) is 5.92 Å². The molecule has 0 aromatic heterocycles. The van der Waals surface area contributed by atoms with Crippen LogP contribution in [0.1, 0.15) is 43.0 Å². The minimum absolute atomic E-state index is 0.0338. The van der Waals surface area contributed by atoms with E-state index in [1.807, 2.05) is 49.4 Å². The Labute approximate surface area is 166 Å². The van der Waals surface area contributed by atoms with Crippen molar-refractivity contribution in [2.45, 2.75) is 44.7 Å². The Morgan fingerprint density at radius 1 is 1.14 bits per heavy atom. The second-order valence-corrected chi connectivity index (χ2v) is 7.99. The van der Waals surface area contributed by atoms with Crippen molar-refractivity contribution in [3.05, 3.63) is 48.0 Å². The molecular formula is C23H28N2O3. The molecular weight excluding hydrogens is 352 g/mol. The molecule has 1 heterocycles. The van der Waals surface area contributed by atoms with E-state index in [4.69, 9.17) is 4.74 Å². The zero-order valence-corrected chi connectivity index (χ0v) is 16.4. The zero-order chi connectivity index (χ0) is 19.5. The van der Waals surface area contributed by atoms with E-state index in [0.29, 0.717) is 31.1 Å². The molecule has 1 aliphatic heterocycles. The monoisotopic (exact) mass is 380 g/mol. The van der Waals surface area contributed by atoms with Gasteiger partial charge >= 0.3 is 5.97 Å². The van der Waals surface area contributed by atoms with E-state index in [1.54, 1.807) is 0 Å². The van der Waals surface area contributed by atoms with Crippen molar-refractivity contribution < 1.29 is 14.3 Å². The highest BCUT2D eigenvalue weighted by atomic mass is 16.5. The molecule has 0 radical (unpaired) electrons. The molecule has 1 saturated heterocycles. The Bertz CT molecular complexity index is 862. The lowest BCUT2D eigenvalue weighted by atomic mass is 9.85. The van der Waals surface area contributed by atoms with Gasteiger partial charge in [0.2, 0.25) is 0 Å². The fourth-order valence-corrected chi connectivity index (χ4v) is 4.30. The predicted molar refractivity (Wildman–Crippen MR) is 109 cm³/mol. The van der Waals surface area contributed by atoms with Gasteiger partial charge in [0.1, 0.15) is 6.04 Å². The number of hydrogen-bond acceptors (Lipinski definition) is 4. The molecule has 2 fully saturated rings. The summed E-state index contributed by atoms with van der Waals surface area (Å²) < 4.78 is 5.28. The van der Waals surface area contributed by atoms with Crippen molar-refractivity contribution in [2.75, 3.05) is 19.7 Å². The first kappa shape index (κ1) is 18.9. The largest absolute Gasteiger partial charge is 0.465 e. The number of likely N-dealkylation sites (tertiary alicyclic amines) is 1. The maximum Gasteiger partial charge on any atom is 0.323 e. The van der Waals surface area contributed by atoms with Crippen molar-refractivity contribution in [3.63, 3.8) is 0 Å². The molecule has 2 aliphatic rings. The van der Waals surface area contributed by atoms with Gasteiger partial charge in [0.25, 0.3) is 5.91 Å². The number of ether oxygens (including phenoxy) is 1. The normalized spacial score (nSPS) is 22.8. The van der Waals surface area contributed by atoms with Gasteiger partial charge in [-0.15, -0.1) is 0 Å². The minimum atomic E-state index is -0.248. The van der Waals surface area contributed by atoms with E-state index < -0.39 is 0 Å². The Balaban J connectivity index is 1.43. The highest BCUT2D eigenvalue weighted by Crippen LogP contribution is 2.30. The molecule has 2 atom stereocenters. The molecule has 1 amide bonds. The summed E-state index contributed by atoms with van der Waals surface area (Å²) in [4.78, 5) is 27.4. The Morgan fingerprint density at radius 2 is 1.93 bits per heavy atom. The van der Waals surface area contributed by atoms with E-state index in [9.17, 15) is 9.59 Å². The summed E-state index contributed by atoms with van der Waals surface area (Å²) in [5, 5.41) is 5.31. The summed E-state index contributed by atoms with van der Waals surface area (Å²) in [6.07, 6.45) is 4.37. The highest BCUT2D eigenvalue weighted by molar-refractivity contribution is 5.98. The lowest BCUT2D eigenvalue weighted by molar-refractivity contribution is -0.148. The van der Waals surface area contributed by atoms with Crippen LogP contribution in [0.4, 0.5) is 0 Å². The average Bonchev–Trinajstić information content (AvgIpc) is 3.07. The molecule has 0 bridgehead atoms. The summed E-state index contributed by atoms with van der Waals surface area (Å²) in [5.41, 5.74) is 0.656. The number of esters is 1. The molecule has 1 N–H and O–H groups in total. The molecule has 2 unspecified atom stereocenters. The van der Waals surface area contributed by atoms with Crippen LogP contribution >= 0.6 is 0 Å². The van der Waals surface area contributed by atoms with Gasteiger partial charge in [-0.2, -0.15) is 0 Å². The van der Waals surface area contributed by atoms with E-state index in [0.717, 1.165) is 17.3 Å². The second-order valence-electron chi connectivity index (χ2n) is 7.99. The van der Waals surface area contributed by atoms with Gasteiger partial charge in [0.15, 0.2) is 0 Å². The third-order valence-corrected chi connectivity index (χ3v) is 6.03. The van der Waals surface area contributed by atoms with E-state index >= 15 is 0 Å². The lowest BCUT2D eigenvalue weighted by Crippen LogP contribution is -2.42. The summed E-state index contributed by atoms with van der Waals surface area (Å²) >= 11 is 0. The topological polar surface area (TPSA) is 58.6 Å². The number of nitrogens with one attached hydrogen (secondary N) is 1. The Hall–Kier alpha value is -2.40. The van der Waals surface area contributed by atoms with E-state index in [1.165, 1.54) is 19.3 Å². The van der Waals surface area contributed by atoms with E-state index in [-0.39, 0.29) is 24.0 Å². The quantitative estimate of drug-likeness (QED) is 0.781. The van der Waals surface area contributed by atoms with Crippen LogP contribution in [-0.4, -0.2) is 48.6 Å². The number of hydrogen-bond donors (Lipinski definition) is 1. The van der Waals surface area contributed by atoms with Crippen LogP contribution in [0.25, 0.3) is 10.8 Å². The van der Waals surface area contributed by atoms with E-state index in [2.05, 4.69) is 10.2 Å². The first-order valence-corrected chi connectivity index (χ1v) is 10.3. The number of carbonyl (C=O) groups is 2. The summed E-state index contributed by atoms with van der Waals surface area (Å²) in [6, 6.07) is 13.5. The third kappa shape index (κ3) is 4.04. The van der Waals surface area contributed by atoms with Crippen molar-refractivity contribution in [1.29, 1.82) is 0 Å². The van der Waals surface area contributed by atoms with Crippen LogP contribution in [0, 0.1) is 5.92 Å². The number of rotatable bonds is 6. The SMILES string of the molecule is CCOC(=O)C1CC(NC(=O)c2ccc3ccccc3c2)CN1CC1CCC1.